The average Bonchev–Trinajstić information content (AvgIpc) is 2.78. The zero-order valence-electron chi connectivity index (χ0n) is 10.5. The maximum absolute atomic E-state index is 6.07. The first-order chi connectivity index (χ1) is 8.66. The summed E-state index contributed by atoms with van der Waals surface area (Å²) in [5, 5.41) is 12.0. The van der Waals surface area contributed by atoms with E-state index in [1.54, 1.807) is 6.07 Å². The molecule has 0 radical (unpaired) electrons. The number of rotatable bonds is 5. The quantitative estimate of drug-likeness (QED) is 0.903. The van der Waals surface area contributed by atoms with Crippen LogP contribution in [0, 0.1) is 0 Å². The predicted molar refractivity (Wildman–Crippen MR) is 71.6 cm³/mol. The van der Waals surface area contributed by atoms with Crippen molar-refractivity contribution in [1.82, 2.24) is 15.5 Å². The summed E-state index contributed by atoms with van der Waals surface area (Å²) >= 11 is 6.07. The summed E-state index contributed by atoms with van der Waals surface area (Å²) in [6.45, 7) is 5.02. The first kappa shape index (κ1) is 13.1. The van der Waals surface area contributed by atoms with Crippen molar-refractivity contribution in [3.05, 3.63) is 35.2 Å². The molecule has 1 aromatic heterocycles. The maximum atomic E-state index is 6.07. The fourth-order valence-electron chi connectivity index (χ4n) is 1.57. The van der Waals surface area contributed by atoms with Crippen LogP contribution >= 0.6 is 11.6 Å². The lowest BCUT2D eigenvalue weighted by molar-refractivity contribution is 0.484. The Bertz CT molecular complexity index is 510. The molecule has 0 spiro atoms. The van der Waals surface area contributed by atoms with E-state index in [4.69, 9.17) is 16.0 Å². The van der Waals surface area contributed by atoms with Crippen LogP contribution in [0.3, 0.4) is 0 Å². The van der Waals surface area contributed by atoms with Gasteiger partial charge in [-0.15, -0.1) is 10.2 Å². The molecule has 5 heteroatoms. The lowest BCUT2D eigenvalue weighted by Crippen LogP contribution is -2.25. The van der Waals surface area contributed by atoms with Gasteiger partial charge in [0.15, 0.2) is 0 Å². The van der Waals surface area contributed by atoms with Crippen molar-refractivity contribution >= 4 is 11.6 Å². The molecule has 4 nitrogen and oxygen atoms in total. The van der Waals surface area contributed by atoms with Crippen LogP contribution in [-0.2, 0) is 6.42 Å². The predicted octanol–water partition coefficient (Wildman–Crippen LogP) is 2.93. The summed E-state index contributed by atoms with van der Waals surface area (Å²) in [5.41, 5.74) is 0.773. The van der Waals surface area contributed by atoms with Crippen molar-refractivity contribution in [2.24, 2.45) is 0 Å². The molecule has 0 aliphatic heterocycles. The van der Waals surface area contributed by atoms with Crippen molar-refractivity contribution in [3.63, 3.8) is 0 Å². The largest absolute Gasteiger partial charge is 0.421 e. The third-order valence-corrected chi connectivity index (χ3v) is 2.79. The average molecular weight is 266 g/mol. The van der Waals surface area contributed by atoms with E-state index in [-0.39, 0.29) is 0 Å². The van der Waals surface area contributed by atoms with Gasteiger partial charge in [-0.1, -0.05) is 37.6 Å². The van der Waals surface area contributed by atoms with E-state index in [0.717, 1.165) is 18.5 Å². The zero-order valence-corrected chi connectivity index (χ0v) is 11.2. The van der Waals surface area contributed by atoms with E-state index in [2.05, 4.69) is 29.4 Å². The Kier molecular flexibility index (Phi) is 4.33. The maximum Gasteiger partial charge on any atom is 0.249 e. The van der Waals surface area contributed by atoms with Crippen LogP contribution in [-0.4, -0.2) is 22.8 Å². The highest BCUT2D eigenvalue weighted by molar-refractivity contribution is 6.33. The second kappa shape index (κ2) is 5.98. The van der Waals surface area contributed by atoms with Gasteiger partial charge in [0.25, 0.3) is 0 Å². The highest BCUT2D eigenvalue weighted by Crippen LogP contribution is 2.26. The van der Waals surface area contributed by atoms with Crippen molar-refractivity contribution in [1.29, 1.82) is 0 Å². The smallest absolute Gasteiger partial charge is 0.249 e. The van der Waals surface area contributed by atoms with E-state index in [1.807, 2.05) is 18.2 Å². The molecule has 1 N–H and O–H groups in total. The summed E-state index contributed by atoms with van der Waals surface area (Å²) in [4.78, 5) is 0. The molecule has 0 saturated carbocycles. The Morgan fingerprint density at radius 1 is 1.28 bits per heavy atom. The Morgan fingerprint density at radius 2 is 2.06 bits per heavy atom. The number of halogens is 1. The van der Waals surface area contributed by atoms with Crippen LogP contribution in [0.25, 0.3) is 11.5 Å². The van der Waals surface area contributed by atoms with Crippen LogP contribution in [0.4, 0.5) is 0 Å². The molecule has 1 heterocycles. The van der Waals surface area contributed by atoms with Gasteiger partial charge >= 0.3 is 0 Å². The van der Waals surface area contributed by atoms with Gasteiger partial charge < -0.3 is 9.73 Å². The normalized spacial score (nSPS) is 11.1. The third-order valence-electron chi connectivity index (χ3n) is 2.46. The number of hydrogen-bond acceptors (Lipinski definition) is 4. The number of nitrogens with zero attached hydrogens (tertiary/aromatic N) is 2. The van der Waals surface area contributed by atoms with Crippen LogP contribution in [0.2, 0.25) is 5.02 Å². The van der Waals surface area contributed by atoms with E-state index < -0.39 is 0 Å². The monoisotopic (exact) mass is 265 g/mol. The molecule has 96 valence electrons. The van der Waals surface area contributed by atoms with Gasteiger partial charge in [0.1, 0.15) is 0 Å². The Morgan fingerprint density at radius 3 is 2.78 bits per heavy atom. The molecule has 0 aliphatic rings. The van der Waals surface area contributed by atoms with Crippen molar-refractivity contribution in [3.8, 4) is 11.5 Å². The zero-order chi connectivity index (χ0) is 13.0. The number of hydrogen-bond donors (Lipinski definition) is 1. The number of benzene rings is 1. The minimum Gasteiger partial charge on any atom is -0.421 e. The lowest BCUT2D eigenvalue weighted by atomic mass is 10.2. The van der Waals surface area contributed by atoms with Gasteiger partial charge in [-0.3, -0.25) is 0 Å². The van der Waals surface area contributed by atoms with E-state index in [0.29, 0.717) is 22.8 Å². The van der Waals surface area contributed by atoms with Crippen LogP contribution in [0.5, 0.6) is 0 Å². The van der Waals surface area contributed by atoms with Gasteiger partial charge in [0.05, 0.1) is 10.6 Å². The summed E-state index contributed by atoms with van der Waals surface area (Å²) < 4.78 is 5.59. The second-order valence-electron chi connectivity index (χ2n) is 4.34. The highest BCUT2D eigenvalue weighted by Gasteiger charge is 2.11. The molecule has 0 atom stereocenters. The second-order valence-corrected chi connectivity index (χ2v) is 4.75. The fraction of sp³-hybridized carbons (Fsp3) is 0.385. The molecular weight excluding hydrogens is 250 g/mol. The fourth-order valence-corrected chi connectivity index (χ4v) is 1.78. The highest BCUT2D eigenvalue weighted by atomic mass is 35.5. The van der Waals surface area contributed by atoms with Gasteiger partial charge in [-0.2, -0.15) is 0 Å². The molecular formula is C13H16ClN3O. The van der Waals surface area contributed by atoms with Gasteiger partial charge in [-0.05, 0) is 12.1 Å². The summed E-state index contributed by atoms with van der Waals surface area (Å²) in [7, 11) is 0. The van der Waals surface area contributed by atoms with E-state index in [9.17, 15) is 0 Å². The molecule has 0 aliphatic carbocycles. The van der Waals surface area contributed by atoms with Crippen LogP contribution < -0.4 is 5.32 Å². The van der Waals surface area contributed by atoms with Crippen molar-refractivity contribution < 1.29 is 4.42 Å². The Hall–Kier alpha value is -1.39. The molecule has 0 unspecified atom stereocenters. The molecule has 0 amide bonds. The summed E-state index contributed by atoms with van der Waals surface area (Å²) in [6, 6.07) is 7.89. The first-order valence-electron chi connectivity index (χ1n) is 5.97. The van der Waals surface area contributed by atoms with Crippen LogP contribution in [0.15, 0.2) is 28.7 Å². The molecule has 0 saturated heterocycles. The van der Waals surface area contributed by atoms with Gasteiger partial charge in [0.2, 0.25) is 11.8 Å². The lowest BCUT2D eigenvalue weighted by Gasteiger charge is -2.04. The van der Waals surface area contributed by atoms with E-state index >= 15 is 0 Å². The van der Waals surface area contributed by atoms with Crippen molar-refractivity contribution in [2.45, 2.75) is 26.3 Å². The number of aromatic nitrogens is 2. The third kappa shape index (κ3) is 3.31. The SMILES string of the molecule is CC(C)NCCc1nnc(-c2ccccc2Cl)o1. The summed E-state index contributed by atoms with van der Waals surface area (Å²) in [5.74, 6) is 1.10. The number of nitrogens with one attached hydrogen (secondary N) is 1. The van der Waals surface area contributed by atoms with Gasteiger partial charge in [-0.25, -0.2) is 0 Å². The molecule has 1 aromatic carbocycles. The van der Waals surface area contributed by atoms with Gasteiger partial charge in [0, 0.05) is 19.0 Å². The van der Waals surface area contributed by atoms with Crippen molar-refractivity contribution in [2.75, 3.05) is 6.54 Å². The minimum atomic E-state index is 0.455. The molecule has 2 rings (SSSR count). The Labute approximate surface area is 111 Å². The van der Waals surface area contributed by atoms with E-state index in [1.165, 1.54) is 0 Å². The minimum absolute atomic E-state index is 0.455. The first-order valence-corrected chi connectivity index (χ1v) is 6.35. The standard InChI is InChI=1S/C13H16ClN3O/c1-9(2)15-8-7-12-16-17-13(18-12)10-5-3-4-6-11(10)14/h3-6,9,15H,7-8H2,1-2H3. The molecule has 18 heavy (non-hydrogen) atoms. The summed E-state index contributed by atoms with van der Waals surface area (Å²) in [6.07, 6.45) is 0.718. The topological polar surface area (TPSA) is 51.0 Å². The Balaban J connectivity index is 2.04. The molecule has 0 fully saturated rings. The van der Waals surface area contributed by atoms with Crippen LogP contribution in [0.1, 0.15) is 19.7 Å². The molecule has 2 aromatic rings. The molecule has 0 bridgehead atoms.